The standard InChI is InChI=1S/C23H31F3O3/c1-22(2,3)29-21(27)18-10-17(16-4-5-16)20(11-19(18)26)28-12-15-6-8-23(13-24,14-25)9-7-15/h10-11,15-16H,4-9,12-14H2,1-3H3. The quantitative estimate of drug-likeness (QED) is 0.504. The topological polar surface area (TPSA) is 35.5 Å². The lowest BCUT2D eigenvalue weighted by Gasteiger charge is -2.36. The van der Waals surface area contributed by atoms with Crippen molar-refractivity contribution < 1.29 is 27.4 Å². The number of benzene rings is 1. The zero-order chi connectivity index (χ0) is 21.2. The van der Waals surface area contributed by atoms with E-state index in [0.29, 0.717) is 38.0 Å². The van der Waals surface area contributed by atoms with Gasteiger partial charge in [-0.25, -0.2) is 9.18 Å². The smallest absolute Gasteiger partial charge is 0.341 e. The zero-order valence-electron chi connectivity index (χ0n) is 17.5. The van der Waals surface area contributed by atoms with E-state index in [1.807, 2.05) is 0 Å². The lowest BCUT2D eigenvalue weighted by Crippen LogP contribution is -2.33. The molecule has 0 atom stereocenters. The molecule has 0 aromatic heterocycles. The minimum absolute atomic E-state index is 0.0671. The van der Waals surface area contributed by atoms with E-state index in [1.54, 1.807) is 26.8 Å². The number of hydrogen-bond donors (Lipinski definition) is 0. The molecule has 0 N–H and O–H groups in total. The summed E-state index contributed by atoms with van der Waals surface area (Å²) in [5.41, 5.74) is -0.752. The van der Waals surface area contributed by atoms with Gasteiger partial charge in [0.05, 0.1) is 25.5 Å². The second-order valence-electron chi connectivity index (χ2n) is 9.67. The molecule has 2 aliphatic rings. The van der Waals surface area contributed by atoms with Crippen molar-refractivity contribution in [2.24, 2.45) is 11.3 Å². The van der Waals surface area contributed by atoms with Crippen LogP contribution < -0.4 is 4.74 Å². The maximum atomic E-state index is 14.6. The fourth-order valence-electron chi connectivity index (χ4n) is 3.87. The first kappa shape index (κ1) is 22.0. The van der Waals surface area contributed by atoms with Crippen LogP contribution in [0.3, 0.4) is 0 Å². The zero-order valence-corrected chi connectivity index (χ0v) is 17.5. The fraction of sp³-hybridized carbons (Fsp3) is 0.696. The Morgan fingerprint density at radius 2 is 1.72 bits per heavy atom. The summed E-state index contributed by atoms with van der Waals surface area (Å²) in [6.45, 7) is 4.37. The Kier molecular flexibility index (Phi) is 6.49. The molecule has 0 aliphatic heterocycles. The summed E-state index contributed by atoms with van der Waals surface area (Å²) < 4.78 is 52.2. The average molecular weight is 412 g/mol. The summed E-state index contributed by atoms with van der Waals surface area (Å²) in [6.07, 6.45) is 4.38. The fourth-order valence-corrected chi connectivity index (χ4v) is 3.87. The Morgan fingerprint density at radius 1 is 1.10 bits per heavy atom. The van der Waals surface area contributed by atoms with Crippen molar-refractivity contribution in [1.82, 2.24) is 0 Å². The summed E-state index contributed by atoms with van der Waals surface area (Å²) >= 11 is 0. The third kappa shape index (κ3) is 5.46. The number of carbonyl (C=O) groups excluding carboxylic acids is 1. The van der Waals surface area contributed by atoms with Gasteiger partial charge in [0.15, 0.2) is 0 Å². The van der Waals surface area contributed by atoms with Crippen molar-refractivity contribution in [3.63, 3.8) is 0 Å². The van der Waals surface area contributed by atoms with Crippen molar-refractivity contribution >= 4 is 5.97 Å². The van der Waals surface area contributed by atoms with Gasteiger partial charge in [-0.1, -0.05) is 0 Å². The molecule has 0 amide bonds. The van der Waals surface area contributed by atoms with Crippen LogP contribution in [0.25, 0.3) is 0 Å². The van der Waals surface area contributed by atoms with Crippen molar-refractivity contribution in [2.45, 2.75) is 70.8 Å². The molecule has 162 valence electrons. The molecule has 0 radical (unpaired) electrons. The second kappa shape index (κ2) is 8.57. The van der Waals surface area contributed by atoms with Crippen LogP contribution in [0, 0.1) is 17.2 Å². The van der Waals surface area contributed by atoms with E-state index in [4.69, 9.17) is 9.47 Å². The predicted octanol–water partition coefficient (Wildman–Crippen LogP) is 6.15. The van der Waals surface area contributed by atoms with Crippen LogP contribution in [0.4, 0.5) is 13.2 Å². The number of rotatable bonds is 7. The number of alkyl halides is 2. The van der Waals surface area contributed by atoms with Gasteiger partial charge in [0, 0.05) is 11.5 Å². The number of ether oxygens (including phenoxy) is 2. The molecular formula is C23H31F3O3. The molecule has 2 aliphatic carbocycles. The maximum absolute atomic E-state index is 14.6. The van der Waals surface area contributed by atoms with Crippen molar-refractivity contribution in [2.75, 3.05) is 20.0 Å². The van der Waals surface area contributed by atoms with Crippen LogP contribution in [0.5, 0.6) is 5.75 Å². The lowest BCUT2D eigenvalue weighted by molar-refractivity contribution is 0.00644. The number of esters is 1. The number of halogens is 3. The Labute approximate surface area is 171 Å². The highest BCUT2D eigenvalue weighted by atomic mass is 19.1. The van der Waals surface area contributed by atoms with Crippen molar-refractivity contribution in [1.29, 1.82) is 0 Å². The van der Waals surface area contributed by atoms with Gasteiger partial charge in [-0.3, -0.25) is 8.78 Å². The van der Waals surface area contributed by atoms with E-state index in [1.165, 1.54) is 6.07 Å². The Balaban J connectivity index is 1.68. The normalized spacial score (nSPS) is 19.8. The number of carbonyl (C=O) groups is 1. The minimum atomic E-state index is -0.823. The van der Waals surface area contributed by atoms with Crippen LogP contribution in [0.15, 0.2) is 12.1 Å². The van der Waals surface area contributed by atoms with Gasteiger partial charge in [0.2, 0.25) is 0 Å². The molecule has 0 unspecified atom stereocenters. The molecule has 6 heteroatoms. The first-order chi connectivity index (χ1) is 13.7. The van der Waals surface area contributed by atoms with Crippen LogP contribution >= 0.6 is 0 Å². The second-order valence-corrected chi connectivity index (χ2v) is 9.67. The Morgan fingerprint density at radius 3 is 2.24 bits per heavy atom. The largest absolute Gasteiger partial charge is 0.493 e. The van der Waals surface area contributed by atoms with Gasteiger partial charge in [0.25, 0.3) is 0 Å². The third-order valence-corrected chi connectivity index (χ3v) is 5.94. The summed E-state index contributed by atoms with van der Waals surface area (Å²) in [7, 11) is 0. The van der Waals surface area contributed by atoms with Gasteiger partial charge in [0.1, 0.15) is 17.2 Å². The van der Waals surface area contributed by atoms with Crippen LogP contribution in [0.2, 0.25) is 0 Å². The van der Waals surface area contributed by atoms with E-state index >= 15 is 0 Å². The van der Waals surface area contributed by atoms with E-state index in [-0.39, 0.29) is 17.4 Å². The Bertz CT molecular complexity index is 724. The maximum Gasteiger partial charge on any atom is 0.341 e. The molecule has 29 heavy (non-hydrogen) atoms. The van der Waals surface area contributed by atoms with Gasteiger partial charge in [-0.15, -0.1) is 0 Å². The minimum Gasteiger partial charge on any atom is -0.493 e. The monoisotopic (exact) mass is 412 g/mol. The summed E-state index contributed by atoms with van der Waals surface area (Å²) in [5, 5.41) is 0. The van der Waals surface area contributed by atoms with E-state index in [0.717, 1.165) is 18.4 Å². The predicted molar refractivity (Wildman–Crippen MR) is 105 cm³/mol. The van der Waals surface area contributed by atoms with E-state index in [2.05, 4.69) is 0 Å². The molecule has 3 rings (SSSR count). The lowest BCUT2D eigenvalue weighted by atomic mass is 9.72. The highest BCUT2D eigenvalue weighted by Gasteiger charge is 2.36. The average Bonchev–Trinajstić information content (AvgIpc) is 3.50. The Hall–Kier alpha value is -1.72. The van der Waals surface area contributed by atoms with Crippen molar-refractivity contribution in [3.05, 3.63) is 29.1 Å². The molecule has 0 spiro atoms. The van der Waals surface area contributed by atoms with Gasteiger partial charge in [-0.2, -0.15) is 0 Å². The first-order valence-electron chi connectivity index (χ1n) is 10.5. The van der Waals surface area contributed by atoms with Gasteiger partial charge < -0.3 is 9.47 Å². The number of hydrogen-bond acceptors (Lipinski definition) is 3. The van der Waals surface area contributed by atoms with E-state index < -0.39 is 36.2 Å². The molecule has 1 aromatic carbocycles. The van der Waals surface area contributed by atoms with E-state index in [9.17, 15) is 18.0 Å². The summed E-state index contributed by atoms with van der Waals surface area (Å²) in [5.74, 6) is -0.406. The summed E-state index contributed by atoms with van der Waals surface area (Å²) in [6, 6.07) is 2.84. The molecule has 1 aromatic rings. The molecule has 0 heterocycles. The highest BCUT2D eigenvalue weighted by molar-refractivity contribution is 5.90. The molecule has 3 nitrogen and oxygen atoms in total. The van der Waals surface area contributed by atoms with Crippen LogP contribution in [-0.4, -0.2) is 31.5 Å². The molecule has 2 fully saturated rings. The van der Waals surface area contributed by atoms with Crippen LogP contribution in [-0.2, 0) is 4.74 Å². The van der Waals surface area contributed by atoms with Crippen molar-refractivity contribution in [3.8, 4) is 5.75 Å². The highest BCUT2D eigenvalue weighted by Crippen LogP contribution is 2.46. The van der Waals surface area contributed by atoms with Crippen LogP contribution in [0.1, 0.15) is 81.1 Å². The summed E-state index contributed by atoms with van der Waals surface area (Å²) in [4.78, 5) is 12.3. The van der Waals surface area contributed by atoms with Gasteiger partial charge in [-0.05, 0) is 82.8 Å². The molecule has 0 saturated heterocycles. The molecule has 0 bridgehead atoms. The third-order valence-electron chi connectivity index (χ3n) is 5.94. The molecular weight excluding hydrogens is 381 g/mol. The first-order valence-corrected chi connectivity index (χ1v) is 10.5. The molecule has 2 saturated carbocycles. The van der Waals surface area contributed by atoms with Gasteiger partial charge >= 0.3 is 5.97 Å². The SMILES string of the molecule is CC(C)(C)OC(=O)c1cc(C2CC2)c(OCC2CCC(CF)(CF)CC2)cc1F.